The van der Waals surface area contributed by atoms with E-state index in [-0.39, 0.29) is 23.0 Å². The maximum atomic E-state index is 12.6. The molecule has 1 aliphatic heterocycles. The largest absolute Gasteiger partial charge is 0.455 e. The monoisotopic (exact) mass is 431 g/mol. The molecule has 30 heavy (non-hydrogen) atoms. The summed E-state index contributed by atoms with van der Waals surface area (Å²) in [6.45, 7) is 10.2. The number of amides is 1. The normalized spacial score (nSPS) is 15.0. The molecule has 0 radical (unpaired) electrons. The molecule has 1 aromatic heterocycles. The number of hydrogen-bond acceptors (Lipinski definition) is 6. The van der Waals surface area contributed by atoms with Crippen LogP contribution < -0.4 is 10.2 Å². The van der Waals surface area contributed by atoms with Crippen molar-refractivity contribution in [3.05, 3.63) is 52.3 Å². The van der Waals surface area contributed by atoms with Crippen molar-refractivity contribution in [3.8, 4) is 0 Å². The summed E-state index contributed by atoms with van der Waals surface area (Å²) in [4.78, 5) is 30.3. The highest BCUT2D eigenvalue weighted by Gasteiger charge is 2.26. The highest BCUT2D eigenvalue weighted by Crippen LogP contribution is 2.29. The number of esters is 1. The lowest BCUT2D eigenvalue weighted by molar-refractivity contribution is 0.00640. The number of carbonyl (C=O) groups excluding carboxylic acids is 2. The Morgan fingerprint density at radius 3 is 2.67 bits per heavy atom. The van der Waals surface area contributed by atoms with E-state index in [1.807, 2.05) is 32.0 Å². The minimum atomic E-state index is -0.653. The molecule has 1 saturated heterocycles. The van der Waals surface area contributed by atoms with Gasteiger partial charge in [0.15, 0.2) is 5.69 Å². The fourth-order valence-electron chi connectivity index (χ4n) is 3.18. The Morgan fingerprint density at radius 1 is 1.30 bits per heavy atom. The second-order valence-electron chi connectivity index (χ2n) is 8.27. The van der Waals surface area contributed by atoms with Crippen LogP contribution in [0.1, 0.15) is 55.4 Å². The average Bonchev–Trinajstić information content (AvgIpc) is 3.07. The molecule has 1 fully saturated rings. The van der Waals surface area contributed by atoms with Crippen LogP contribution in [0.5, 0.6) is 0 Å². The van der Waals surface area contributed by atoms with Crippen molar-refractivity contribution < 1.29 is 19.1 Å². The summed E-state index contributed by atoms with van der Waals surface area (Å²) in [6.07, 6.45) is -0.346. The molecule has 0 spiro atoms. The summed E-state index contributed by atoms with van der Waals surface area (Å²) in [5.41, 5.74) is 2.74. The predicted octanol–water partition coefficient (Wildman–Crippen LogP) is 5.13. The maximum Gasteiger partial charge on any atom is 0.414 e. The Morgan fingerprint density at radius 2 is 2.03 bits per heavy atom. The number of ether oxygens (including phenoxy) is 2. The molecular weight excluding hydrogens is 406 g/mol. The van der Waals surface area contributed by atoms with Gasteiger partial charge in [0.1, 0.15) is 17.4 Å². The van der Waals surface area contributed by atoms with E-state index in [1.54, 1.807) is 37.8 Å². The van der Waals surface area contributed by atoms with Crippen LogP contribution >= 0.6 is 11.6 Å². The number of anilines is 2. The molecule has 3 rings (SSSR count). The summed E-state index contributed by atoms with van der Waals surface area (Å²) >= 11 is 6.02. The zero-order chi connectivity index (χ0) is 22.1. The standard InChI is InChI=1S/C22H26ClN3O4/c1-13-10-15(12-16(11-13)26-8-9-29-21(26)28)14(2)24-17-6-7-18(23)25-19(17)20(27)30-22(3,4)5/h6-7,10-12,14,24H,8-9H2,1-5H3. The van der Waals surface area contributed by atoms with Crippen LogP contribution in [0, 0.1) is 6.92 Å². The summed E-state index contributed by atoms with van der Waals surface area (Å²) in [5.74, 6) is -0.551. The van der Waals surface area contributed by atoms with Crippen molar-refractivity contribution >= 4 is 35.0 Å². The van der Waals surface area contributed by atoms with Crippen LogP contribution in [0.4, 0.5) is 16.2 Å². The van der Waals surface area contributed by atoms with Gasteiger partial charge in [0.05, 0.1) is 12.2 Å². The van der Waals surface area contributed by atoms with Crippen molar-refractivity contribution in [2.75, 3.05) is 23.4 Å². The Labute approximate surface area is 181 Å². The number of carbonyl (C=O) groups is 2. The molecule has 160 valence electrons. The summed E-state index contributed by atoms with van der Waals surface area (Å²) in [7, 11) is 0. The van der Waals surface area contributed by atoms with Crippen LogP contribution in [-0.2, 0) is 9.47 Å². The molecule has 0 bridgehead atoms. The molecule has 7 nitrogen and oxygen atoms in total. The number of benzene rings is 1. The van der Waals surface area contributed by atoms with Crippen molar-refractivity contribution in [2.24, 2.45) is 0 Å². The molecule has 1 N–H and O–H groups in total. The second kappa shape index (κ2) is 8.52. The Balaban J connectivity index is 1.87. The molecular formula is C22H26ClN3O4. The summed E-state index contributed by atoms with van der Waals surface area (Å²) in [5, 5.41) is 3.53. The molecule has 2 aromatic rings. The number of hydrogen-bond donors (Lipinski definition) is 1. The minimum absolute atomic E-state index is 0.125. The van der Waals surface area contributed by atoms with Gasteiger partial charge in [0.25, 0.3) is 0 Å². The van der Waals surface area contributed by atoms with Gasteiger partial charge in [0.2, 0.25) is 0 Å². The average molecular weight is 432 g/mol. The first-order valence-electron chi connectivity index (χ1n) is 9.76. The van der Waals surface area contributed by atoms with E-state index >= 15 is 0 Å². The van der Waals surface area contributed by atoms with E-state index < -0.39 is 11.6 Å². The van der Waals surface area contributed by atoms with Crippen LogP contribution in [0.2, 0.25) is 5.15 Å². The SMILES string of the molecule is Cc1cc(C(C)Nc2ccc(Cl)nc2C(=O)OC(C)(C)C)cc(N2CCOC2=O)c1. The Bertz CT molecular complexity index is 971. The first kappa shape index (κ1) is 21.9. The van der Waals surface area contributed by atoms with E-state index in [2.05, 4.69) is 10.3 Å². The summed E-state index contributed by atoms with van der Waals surface area (Å²) in [6, 6.07) is 9.06. The third-order valence-electron chi connectivity index (χ3n) is 4.48. The van der Waals surface area contributed by atoms with Crippen LogP contribution in [0.25, 0.3) is 0 Å². The van der Waals surface area contributed by atoms with Gasteiger partial charge in [0, 0.05) is 11.7 Å². The molecule has 1 unspecified atom stereocenters. The number of aromatic nitrogens is 1. The number of nitrogens with zero attached hydrogens (tertiary/aromatic N) is 2. The lowest BCUT2D eigenvalue weighted by Crippen LogP contribution is -2.25. The summed E-state index contributed by atoms with van der Waals surface area (Å²) < 4.78 is 10.5. The number of cyclic esters (lactones) is 1. The third-order valence-corrected chi connectivity index (χ3v) is 4.69. The van der Waals surface area contributed by atoms with Gasteiger partial charge in [-0.2, -0.15) is 0 Å². The number of nitrogens with one attached hydrogen (secondary N) is 1. The van der Waals surface area contributed by atoms with Crippen molar-refractivity contribution in [3.63, 3.8) is 0 Å². The quantitative estimate of drug-likeness (QED) is 0.522. The van der Waals surface area contributed by atoms with Crippen LogP contribution in [-0.4, -0.2) is 35.8 Å². The zero-order valence-electron chi connectivity index (χ0n) is 17.8. The first-order valence-corrected chi connectivity index (χ1v) is 10.1. The number of aryl methyl sites for hydroxylation is 1. The third kappa shape index (κ3) is 5.21. The number of pyridine rings is 1. The van der Waals surface area contributed by atoms with E-state index in [0.717, 1.165) is 16.8 Å². The lowest BCUT2D eigenvalue weighted by atomic mass is 10.0. The van der Waals surface area contributed by atoms with Gasteiger partial charge in [-0.1, -0.05) is 17.7 Å². The molecule has 2 heterocycles. The maximum absolute atomic E-state index is 12.6. The highest BCUT2D eigenvalue weighted by atomic mass is 35.5. The Kier molecular flexibility index (Phi) is 6.22. The second-order valence-corrected chi connectivity index (χ2v) is 8.65. The van der Waals surface area contributed by atoms with Crippen LogP contribution in [0.15, 0.2) is 30.3 Å². The molecule has 1 amide bonds. The lowest BCUT2D eigenvalue weighted by Gasteiger charge is -2.23. The zero-order valence-corrected chi connectivity index (χ0v) is 18.5. The molecule has 8 heteroatoms. The van der Waals surface area contributed by atoms with E-state index in [9.17, 15) is 9.59 Å². The van der Waals surface area contributed by atoms with Crippen molar-refractivity contribution in [1.29, 1.82) is 0 Å². The Hall–Kier alpha value is -2.80. The van der Waals surface area contributed by atoms with E-state index in [0.29, 0.717) is 18.8 Å². The minimum Gasteiger partial charge on any atom is -0.455 e. The number of halogens is 1. The van der Waals surface area contributed by atoms with E-state index in [1.165, 1.54) is 0 Å². The van der Waals surface area contributed by atoms with Gasteiger partial charge >= 0.3 is 12.1 Å². The van der Waals surface area contributed by atoms with E-state index in [4.69, 9.17) is 21.1 Å². The van der Waals surface area contributed by atoms with Gasteiger partial charge in [-0.25, -0.2) is 14.6 Å². The highest BCUT2D eigenvalue weighted by molar-refractivity contribution is 6.29. The molecule has 0 aliphatic carbocycles. The van der Waals surface area contributed by atoms with Crippen molar-refractivity contribution in [1.82, 2.24) is 4.98 Å². The van der Waals surface area contributed by atoms with Gasteiger partial charge < -0.3 is 14.8 Å². The fourth-order valence-corrected chi connectivity index (χ4v) is 3.32. The van der Waals surface area contributed by atoms with Crippen LogP contribution in [0.3, 0.4) is 0 Å². The smallest absolute Gasteiger partial charge is 0.414 e. The predicted molar refractivity (Wildman–Crippen MR) is 116 cm³/mol. The van der Waals surface area contributed by atoms with Gasteiger partial charge in [-0.05, 0) is 70.0 Å². The first-order chi connectivity index (χ1) is 14.0. The molecule has 1 aliphatic rings. The number of rotatable bonds is 5. The van der Waals surface area contributed by atoms with Gasteiger partial charge in [-0.3, -0.25) is 4.90 Å². The van der Waals surface area contributed by atoms with Crippen molar-refractivity contribution in [2.45, 2.75) is 46.3 Å². The fraction of sp³-hybridized carbons (Fsp3) is 0.409. The molecule has 1 atom stereocenters. The molecule has 1 aromatic carbocycles. The molecule has 0 saturated carbocycles. The topological polar surface area (TPSA) is 80.8 Å². The van der Waals surface area contributed by atoms with Gasteiger partial charge in [-0.15, -0.1) is 0 Å².